The Bertz CT molecular complexity index is 491. The summed E-state index contributed by atoms with van der Waals surface area (Å²) >= 11 is 0. The maximum atomic E-state index is 11.7. The Morgan fingerprint density at radius 3 is 2.48 bits per heavy atom. The van der Waals surface area contributed by atoms with Gasteiger partial charge in [-0.05, 0) is 40.2 Å². The van der Waals surface area contributed by atoms with Gasteiger partial charge < -0.3 is 15.2 Å². The van der Waals surface area contributed by atoms with Crippen LogP contribution in [0.25, 0.3) is 0 Å². The largest absolute Gasteiger partial charge is 0.444 e. The number of aliphatic hydroxyl groups excluding tert-OH is 1. The van der Waals surface area contributed by atoms with Crippen LogP contribution in [0.4, 0.5) is 4.79 Å². The summed E-state index contributed by atoms with van der Waals surface area (Å²) in [5.41, 5.74) is 0.971. The van der Waals surface area contributed by atoms with Crippen LogP contribution in [0.5, 0.6) is 0 Å². The molecule has 1 heterocycles. The highest BCUT2D eigenvalue weighted by atomic mass is 16.6. The summed E-state index contributed by atoms with van der Waals surface area (Å²) in [6.07, 6.45) is 0.153. The van der Waals surface area contributed by atoms with E-state index in [-0.39, 0.29) is 6.61 Å². The Labute approximate surface area is 126 Å². The van der Waals surface area contributed by atoms with E-state index in [2.05, 4.69) is 10.4 Å². The molecule has 0 fully saturated rings. The van der Waals surface area contributed by atoms with Crippen LogP contribution >= 0.6 is 0 Å². The Morgan fingerprint density at radius 1 is 1.43 bits per heavy atom. The average molecular weight is 297 g/mol. The second-order valence-electron chi connectivity index (χ2n) is 6.90. The van der Waals surface area contributed by atoms with Crippen molar-refractivity contribution in [1.29, 1.82) is 0 Å². The van der Waals surface area contributed by atoms with E-state index in [9.17, 15) is 9.90 Å². The number of amides is 1. The van der Waals surface area contributed by atoms with Crippen LogP contribution in [0.15, 0.2) is 6.07 Å². The van der Waals surface area contributed by atoms with Gasteiger partial charge in [0.05, 0.1) is 12.3 Å². The van der Waals surface area contributed by atoms with E-state index < -0.39 is 17.1 Å². The van der Waals surface area contributed by atoms with E-state index in [1.807, 2.05) is 47.7 Å². The molecule has 1 atom stereocenters. The van der Waals surface area contributed by atoms with Gasteiger partial charge in [-0.1, -0.05) is 6.92 Å². The van der Waals surface area contributed by atoms with Gasteiger partial charge in [-0.2, -0.15) is 5.10 Å². The molecule has 6 heteroatoms. The van der Waals surface area contributed by atoms with Crippen LogP contribution in [0, 0.1) is 12.3 Å². The van der Waals surface area contributed by atoms with E-state index in [0.717, 1.165) is 11.4 Å². The molecule has 0 saturated heterocycles. The Kier molecular flexibility index (Phi) is 5.39. The highest BCUT2D eigenvalue weighted by Gasteiger charge is 2.27. The summed E-state index contributed by atoms with van der Waals surface area (Å²) in [6, 6.07) is 1.99. The minimum absolute atomic E-state index is 0.0347. The van der Waals surface area contributed by atoms with Crippen molar-refractivity contribution in [3.63, 3.8) is 0 Å². The number of hydrogen-bond acceptors (Lipinski definition) is 4. The topological polar surface area (TPSA) is 76.4 Å². The third-order valence-corrected chi connectivity index (χ3v) is 3.15. The number of hydrogen-bond donors (Lipinski definition) is 2. The summed E-state index contributed by atoms with van der Waals surface area (Å²) in [5, 5.41) is 16.7. The van der Waals surface area contributed by atoms with Crippen molar-refractivity contribution in [2.75, 3.05) is 13.2 Å². The molecule has 6 nitrogen and oxygen atoms in total. The maximum Gasteiger partial charge on any atom is 0.407 e. The molecule has 0 saturated carbocycles. The highest BCUT2D eigenvalue weighted by Crippen LogP contribution is 2.22. The number of aliphatic hydroxyl groups is 1. The molecule has 1 amide bonds. The average Bonchev–Trinajstić information content (AvgIpc) is 2.63. The predicted molar refractivity (Wildman–Crippen MR) is 81.1 cm³/mol. The van der Waals surface area contributed by atoms with E-state index in [1.165, 1.54) is 0 Å². The zero-order valence-electron chi connectivity index (χ0n) is 13.9. The summed E-state index contributed by atoms with van der Waals surface area (Å²) in [5.74, 6) is 0. The minimum Gasteiger partial charge on any atom is -0.444 e. The third kappa shape index (κ3) is 5.75. The van der Waals surface area contributed by atoms with Gasteiger partial charge in [0.25, 0.3) is 0 Å². The van der Waals surface area contributed by atoms with Crippen molar-refractivity contribution in [2.24, 2.45) is 12.5 Å². The molecule has 1 aromatic rings. The normalized spacial score (nSPS) is 14.6. The first kappa shape index (κ1) is 17.5. The van der Waals surface area contributed by atoms with Gasteiger partial charge in [0, 0.05) is 24.7 Å². The number of alkyl carbamates (subject to hydrolysis) is 1. The van der Waals surface area contributed by atoms with E-state index in [0.29, 0.717) is 13.0 Å². The first-order valence-electron chi connectivity index (χ1n) is 7.12. The van der Waals surface area contributed by atoms with Crippen LogP contribution in [-0.2, 0) is 18.2 Å². The molecule has 0 spiro atoms. The summed E-state index contributed by atoms with van der Waals surface area (Å²) in [6.45, 7) is 9.60. The first-order valence-corrected chi connectivity index (χ1v) is 7.12. The number of carbonyl (C=O) groups excluding carboxylic acids is 1. The van der Waals surface area contributed by atoms with Crippen molar-refractivity contribution < 1.29 is 14.6 Å². The number of carbonyl (C=O) groups is 1. The second kappa shape index (κ2) is 6.47. The fourth-order valence-corrected chi connectivity index (χ4v) is 2.04. The number of rotatable bonds is 5. The molecule has 0 aromatic carbocycles. The lowest BCUT2D eigenvalue weighted by Gasteiger charge is -2.28. The number of nitrogens with one attached hydrogen (secondary N) is 1. The Hall–Kier alpha value is -1.56. The van der Waals surface area contributed by atoms with Crippen molar-refractivity contribution in [3.05, 3.63) is 17.5 Å². The second-order valence-corrected chi connectivity index (χ2v) is 6.90. The molecule has 0 aliphatic rings. The monoisotopic (exact) mass is 297 g/mol. The molecule has 1 unspecified atom stereocenters. The van der Waals surface area contributed by atoms with Crippen LogP contribution in [0.3, 0.4) is 0 Å². The molecule has 1 aromatic heterocycles. The third-order valence-electron chi connectivity index (χ3n) is 3.15. The molecule has 1 rings (SSSR count). The van der Waals surface area contributed by atoms with Gasteiger partial charge in [0.15, 0.2) is 0 Å². The number of nitrogens with zero attached hydrogens (tertiary/aromatic N) is 2. The van der Waals surface area contributed by atoms with Crippen molar-refractivity contribution in [2.45, 2.75) is 46.6 Å². The lowest BCUT2D eigenvalue weighted by molar-refractivity contribution is 0.0477. The minimum atomic E-state index is -0.529. The van der Waals surface area contributed by atoms with Gasteiger partial charge in [-0.3, -0.25) is 4.68 Å². The number of aromatic nitrogens is 2. The highest BCUT2D eigenvalue weighted by molar-refractivity contribution is 5.67. The SMILES string of the molecule is Cc1cc(CC(C)(CO)CNC(=O)OC(C)(C)C)n(C)n1. The Morgan fingerprint density at radius 2 is 2.05 bits per heavy atom. The standard InChI is InChI=1S/C15H27N3O3/c1-11-7-12(18(6)17-11)8-15(5,10-19)9-16-13(20)21-14(2,3)4/h7,19H,8-10H2,1-6H3,(H,16,20). The number of aryl methyl sites for hydroxylation is 2. The molecule has 120 valence electrons. The lowest BCUT2D eigenvalue weighted by atomic mass is 9.86. The molecule has 0 radical (unpaired) electrons. The van der Waals surface area contributed by atoms with Crippen molar-refractivity contribution in [1.82, 2.24) is 15.1 Å². The molecule has 2 N–H and O–H groups in total. The van der Waals surface area contributed by atoms with Gasteiger partial charge in [0.2, 0.25) is 0 Å². The summed E-state index contributed by atoms with van der Waals surface area (Å²) in [7, 11) is 1.88. The van der Waals surface area contributed by atoms with Gasteiger partial charge >= 0.3 is 6.09 Å². The summed E-state index contributed by atoms with van der Waals surface area (Å²) in [4.78, 5) is 11.7. The van der Waals surface area contributed by atoms with Crippen LogP contribution in [0.1, 0.15) is 39.1 Å². The van der Waals surface area contributed by atoms with Crippen LogP contribution < -0.4 is 5.32 Å². The Balaban J connectivity index is 2.64. The van der Waals surface area contributed by atoms with Crippen LogP contribution in [-0.4, -0.2) is 39.7 Å². The molecule has 0 aliphatic carbocycles. The quantitative estimate of drug-likeness (QED) is 0.869. The lowest BCUT2D eigenvalue weighted by Crippen LogP contribution is -2.42. The van der Waals surface area contributed by atoms with Gasteiger partial charge in [-0.15, -0.1) is 0 Å². The fraction of sp³-hybridized carbons (Fsp3) is 0.733. The maximum absolute atomic E-state index is 11.7. The summed E-state index contributed by atoms with van der Waals surface area (Å²) < 4.78 is 7.01. The van der Waals surface area contributed by atoms with Gasteiger partial charge in [0.1, 0.15) is 5.60 Å². The molecular formula is C15H27N3O3. The molecule has 0 aliphatic heterocycles. The first-order chi connectivity index (χ1) is 9.54. The van der Waals surface area contributed by atoms with Crippen LogP contribution in [0.2, 0.25) is 0 Å². The molecule has 0 bridgehead atoms. The van der Waals surface area contributed by atoms with E-state index in [4.69, 9.17) is 4.74 Å². The molecular weight excluding hydrogens is 270 g/mol. The number of ether oxygens (including phenoxy) is 1. The van der Waals surface area contributed by atoms with Crippen molar-refractivity contribution >= 4 is 6.09 Å². The zero-order valence-corrected chi connectivity index (χ0v) is 13.9. The zero-order chi connectivity index (χ0) is 16.3. The van der Waals surface area contributed by atoms with E-state index in [1.54, 1.807) is 4.68 Å². The predicted octanol–water partition coefficient (Wildman–Crippen LogP) is 1.79. The smallest absolute Gasteiger partial charge is 0.407 e. The molecule has 21 heavy (non-hydrogen) atoms. The van der Waals surface area contributed by atoms with E-state index >= 15 is 0 Å². The van der Waals surface area contributed by atoms with Crippen molar-refractivity contribution in [3.8, 4) is 0 Å². The fourth-order valence-electron chi connectivity index (χ4n) is 2.04. The van der Waals surface area contributed by atoms with Gasteiger partial charge in [-0.25, -0.2) is 4.79 Å².